The van der Waals surface area contributed by atoms with E-state index in [-0.39, 0.29) is 30.2 Å². The van der Waals surface area contributed by atoms with Crippen molar-refractivity contribution in [1.82, 2.24) is 14.7 Å². The molecule has 0 aromatic heterocycles. The lowest BCUT2D eigenvalue weighted by atomic mass is 9.74. The zero-order valence-corrected chi connectivity index (χ0v) is 27.6. The normalized spacial score (nSPS) is 32.4. The maximum atomic E-state index is 14.8. The van der Waals surface area contributed by atoms with Gasteiger partial charge in [-0.15, -0.1) is 11.8 Å². The summed E-state index contributed by atoms with van der Waals surface area (Å²) in [6.07, 6.45) is 8.15. The predicted octanol–water partition coefficient (Wildman–Crippen LogP) is 2.42. The lowest BCUT2D eigenvalue weighted by Gasteiger charge is -2.41. The quantitative estimate of drug-likeness (QED) is 0.412. The lowest BCUT2D eigenvalue weighted by molar-refractivity contribution is -0.146. The van der Waals surface area contributed by atoms with E-state index in [1.807, 2.05) is 69.0 Å². The number of likely N-dealkylation sites (tertiary alicyclic amines) is 1. The number of morpholine rings is 1. The number of hydrogen-bond donors (Lipinski definition) is 1. The summed E-state index contributed by atoms with van der Waals surface area (Å²) in [5.74, 6) is -1.28. The number of hydrogen-bond acceptors (Lipinski definition) is 8. The SMILES string of the molecule is CCOc1ccc(N2CC=C[C@@]3(C)S[C@]45C=CCN(CCN6CCOCC6)C(=O)C4N([C@@H](CO)C(C)C)C(=O)[C@@H]5[C@H]3C2=O)cc1. The highest BCUT2D eigenvalue weighted by Gasteiger charge is 2.74. The standard InChI is InChI=1S/C34H46N4O6S/c1-5-44-25-10-8-24(9-11-25)37-15-6-12-33(4)27(30(37)40)28-31(41)38(26(22-39)23(2)3)29-32(42)36(14-7-13-34(28,29)45-33)17-16-35-18-20-43-21-19-35/h6-13,23,26-29,39H,5,14-22H2,1-4H3/t26-,27-,28-,29?,33+,34-/m0/s1. The van der Waals surface area contributed by atoms with Gasteiger partial charge < -0.3 is 29.3 Å². The number of carbonyl (C=O) groups excluding carboxylic acids is 3. The molecule has 3 fully saturated rings. The molecule has 1 aromatic carbocycles. The Labute approximate surface area is 270 Å². The Kier molecular flexibility index (Phi) is 9.08. The van der Waals surface area contributed by atoms with E-state index < -0.39 is 33.4 Å². The van der Waals surface area contributed by atoms with Gasteiger partial charge in [0.15, 0.2) is 0 Å². The van der Waals surface area contributed by atoms with E-state index in [0.29, 0.717) is 39.5 Å². The number of thioether (sulfide) groups is 1. The molecular weight excluding hydrogens is 592 g/mol. The largest absolute Gasteiger partial charge is 0.494 e. The van der Waals surface area contributed by atoms with Crippen molar-refractivity contribution in [2.24, 2.45) is 17.8 Å². The van der Waals surface area contributed by atoms with E-state index >= 15 is 0 Å². The second-order valence-corrected chi connectivity index (χ2v) is 14.9. The number of aliphatic hydroxyl groups is 1. The molecule has 0 aliphatic carbocycles. The fourth-order valence-corrected chi connectivity index (χ4v) is 10.0. The molecule has 6 atom stereocenters. The van der Waals surface area contributed by atoms with Crippen molar-refractivity contribution < 1.29 is 29.0 Å². The second kappa shape index (κ2) is 12.7. The van der Waals surface area contributed by atoms with Crippen LogP contribution in [-0.2, 0) is 19.1 Å². The van der Waals surface area contributed by atoms with Gasteiger partial charge in [-0.2, -0.15) is 0 Å². The number of carbonyl (C=O) groups is 3. The lowest BCUT2D eigenvalue weighted by Crippen LogP contribution is -2.58. The molecule has 0 radical (unpaired) electrons. The number of fused-ring (bicyclic) bond motifs is 2. The Balaban J connectivity index is 1.38. The summed E-state index contributed by atoms with van der Waals surface area (Å²) in [4.78, 5) is 51.7. The van der Waals surface area contributed by atoms with Gasteiger partial charge in [0.2, 0.25) is 17.7 Å². The first-order valence-electron chi connectivity index (χ1n) is 16.3. The van der Waals surface area contributed by atoms with Crippen LogP contribution in [0.25, 0.3) is 0 Å². The number of ether oxygens (including phenoxy) is 2. The highest BCUT2D eigenvalue weighted by atomic mass is 32.2. The molecule has 3 saturated heterocycles. The Hall–Kier alpha value is -2.86. The van der Waals surface area contributed by atoms with Gasteiger partial charge in [0.05, 0.1) is 49.1 Å². The molecule has 0 bridgehead atoms. The third-order valence-electron chi connectivity index (χ3n) is 10.1. The molecule has 3 amide bonds. The van der Waals surface area contributed by atoms with Gasteiger partial charge in [-0.3, -0.25) is 19.3 Å². The third kappa shape index (κ3) is 5.49. The maximum absolute atomic E-state index is 14.8. The molecule has 0 saturated carbocycles. The van der Waals surface area contributed by atoms with Crippen molar-refractivity contribution in [3.05, 3.63) is 48.6 Å². The number of benzene rings is 1. The molecule has 5 heterocycles. The Morgan fingerprint density at radius 1 is 0.978 bits per heavy atom. The highest BCUT2D eigenvalue weighted by Crippen LogP contribution is 2.66. The van der Waals surface area contributed by atoms with Crippen molar-refractivity contribution in [3.63, 3.8) is 0 Å². The smallest absolute Gasteiger partial charge is 0.247 e. The molecule has 1 aromatic rings. The molecule has 1 N–H and O–H groups in total. The molecule has 6 rings (SSSR count). The molecule has 10 nitrogen and oxygen atoms in total. The van der Waals surface area contributed by atoms with Gasteiger partial charge in [-0.25, -0.2) is 0 Å². The zero-order chi connectivity index (χ0) is 31.9. The predicted molar refractivity (Wildman–Crippen MR) is 174 cm³/mol. The highest BCUT2D eigenvalue weighted by molar-refractivity contribution is 8.02. The molecule has 1 unspecified atom stereocenters. The topological polar surface area (TPSA) is 103 Å². The number of amides is 3. The van der Waals surface area contributed by atoms with Crippen molar-refractivity contribution >= 4 is 35.2 Å². The van der Waals surface area contributed by atoms with Crippen LogP contribution in [0.5, 0.6) is 5.75 Å². The molecule has 1 spiro atoms. The van der Waals surface area contributed by atoms with Gasteiger partial charge in [0, 0.05) is 49.7 Å². The average molecular weight is 639 g/mol. The van der Waals surface area contributed by atoms with Crippen LogP contribution >= 0.6 is 11.8 Å². The van der Waals surface area contributed by atoms with Crippen LogP contribution in [0, 0.1) is 17.8 Å². The third-order valence-corrected chi connectivity index (χ3v) is 11.9. The number of anilines is 1. The molecule has 11 heteroatoms. The summed E-state index contributed by atoms with van der Waals surface area (Å²) < 4.78 is 9.46. The zero-order valence-electron chi connectivity index (χ0n) is 26.8. The monoisotopic (exact) mass is 638 g/mol. The Morgan fingerprint density at radius 3 is 2.36 bits per heavy atom. The Morgan fingerprint density at radius 2 is 1.69 bits per heavy atom. The molecule has 5 aliphatic rings. The number of aliphatic hydroxyl groups excluding tert-OH is 1. The molecular formula is C34H46N4O6S. The maximum Gasteiger partial charge on any atom is 0.247 e. The summed E-state index contributed by atoms with van der Waals surface area (Å²) in [6.45, 7) is 13.3. The van der Waals surface area contributed by atoms with E-state index in [2.05, 4.69) is 17.1 Å². The van der Waals surface area contributed by atoms with Crippen molar-refractivity contribution in [2.45, 2.75) is 49.3 Å². The number of nitrogens with zero attached hydrogens (tertiary/aromatic N) is 4. The van der Waals surface area contributed by atoms with Gasteiger partial charge >= 0.3 is 0 Å². The van der Waals surface area contributed by atoms with Crippen molar-refractivity contribution in [2.75, 3.05) is 70.6 Å². The van der Waals surface area contributed by atoms with Gasteiger partial charge in [-0.1, -0.05) is 38.2 Å². The van der Waals surface area contributed by atoms with Crippen LogP contribution in [0.4, 0.5) is 5.69 Å². The van der Waals surface area contributed by atoms with Crippen LogP contribution in [0.15, 0.2) is 48.6 Å². The van der Waals surface area contributed by atoms with E-state index in [1.165, 1.54) is 0 Å². The molecule has 5 aliphatic heterocycles. The summed E-state index contributed by atoms with van der Waals surface area (Å²) >= 11 is 1.57. The average Bonchev–Trinajstić information content (AvgIpc) is 3.29. The molecule has 244 valence electrons. The minimum absolute atomic E-state index is 0.0851. The minimum Gasteiger partial charge on any atom is -0.494 e. The summed E-state index contributed by atoms with van der Waals surface area (Å²) in [6, 6.07) is 6.10. The minimum atomic E-state index is -0.953. The fourth-order valence-electron chi connectivity index (χ4n) is 7.89. The second-order valence-electron chi connectivity index (χ2n) is 13.2. The van der Waals surface area contributed by atoms with Crippen LogP contribution in [0.3, 0.4) is 0 Å². The molecule has 45 heavy (non-hydrogen) atoms. The fraction of sp³-hybridized carbons (Fsp3) is 0.618. The first-order valence-corrected chi connectivity index (χ1v) is 17.1. The Bertz CT molecular complexity index is 1350. The summed E-state index contributed by atoms with van der Waals surface area (Å²) in [5.41, 5.74) is 0.736. The van der Waals surface area contributed by atoms with Crippen molar-refractivity contribution in [3.8, 4) is 5.75 Å². The number of rotatable bonds is 9. The van der Waals surface area contributed by atoms with Crippen LogP contribution in [0.2, 0.25) is 0 Å². The van der Waals surface area contributed by atoms with Gasteiger partial charge in [-0.05, 0) is 44.0 Å². The van der Waals surface area contributed by atoms with Crippen LogP contribution in [0.1, 0.15) is 27.7 Å². The first-order chi connectivity index (χ1) is 21.6. The van der Waals surface area contributed by atoms with E-state index in [0.717, 1.165) is 31.1 Å². The summed E-state index contributed by atoms with van der Waals surface area (Å²) in [5, 5.41) is 10.6. The first kappa shape index (κ1) is 32.1. The van der Waals surface area contributed by atoms with Crippen molar-refractivity contribution in [1.29, 1.82) is 0 Å². The van der Waals surface area contributed by atoms with Crippen LogP contribution in [-0.4, -0.2) is 125 Å². The van der Waals surface area contributed by atoms with E-state index in [9.17, 15) is 19.5 Å². The van der Waals surface area contributed by atoms with E-state index in [1.54, 1.807) is 21.6 Å². The van der Waals surface area contributed by atoms with Gasteiger partial charge in [0.25, 0.3) is 0 Å². The summed E-state index contributed by atoms with van der Waals surface area (Å²) in [7, 11) is 0. The van der Waals surface area contributed by atoms with Crippen LogP contribution < -0.4 is 9.64 Å². The van der Waals surface area contributed by atoms with Gasteiger partial charge in [0.1, 0.15) is 11.8 Å². The van der Waals surface area contributed by atoms with E-state index in [4.69, 9.17) is 9.47 Å².